The van der Waals surface area contributed by atoms with Crippen LogP contribution >= 0.6 is 11.8 Å². The monoisotopic (exact) mass is 203 g/mol. The fourth-order valence-corrected chi connectivity index (χ4v) is 2.26. The average molecular weight is 203 g/mol. The summed E-state index contributed by atoms with van der Waals surface area (Å²) in [6.07, 6.45) is 0.660. The number of thioether (sulfide) groups is 1. The molecular formula is C10H21NOS. The molecule has 1 amide bonds. The van der Waals surface area contributed by atoms with Gasteiger partial charge in [0, 0.05) is 25.3 Å². The summed E-state index contributed by atoms with van der Waals surface area (Å²) in [5, 5.41) is 1.04. The van der Waals surface area contributed by atoms with Gasteiger partial charge in [0.05, 0.1) is 0 Å². The van der Waals surface area contributed by atoms with Gasteiger partial charge in [-0.25, -0.2) is 0 Å². The molecule has 0 heterocycles. The lowest BCUT2D eigenvalue weighted by Gasteiger charge is -2.18. The van der Waals surface area contributed by atoms with Crippen LogP contribution in [0.2, 0.25) is 0 Å². The van der Waals surface area contributed by atoms with E-state index >= 15 is 0 Å². The Hall–Kier alpha value is -0.180. The number of hydrogen-bond donors (Lipinski definition) is 0. The Bertz CT molecular complexity index is 159. The molecule has 0 bridgehead atoms. The minimum atomic E-state index is 0.253. The van der Waals surface area contributed by atoms with Crippen molar-refractivity contribution in [3.63, 3.8) is 0 Å². The standard InChI is InChI=1S/C10H21NOS/c1-6-11(5)10(12)7-9(4)13-8(2)3/h8-9H,6-7H2,1-5H3. The van der Waals surface area contributed by atoms with Crippen molar-refractivity contribution >= 4 is 17.7 Å². The van der Waals surface area contributed by atoms with Crippen molar-refractivity contribution in [2.45, 2.75) is 44.6 Å². The van der Waals surface area contributed by atoms with E-state index in [1.165, 1.54) is 0 Å². The number of nitrogens with zero attached hydrogens (tertiary/aromatic N) is 1. The molecular weight excluding hydrogens is 182 g/mol. The molecule has 13 heavy (non-hydrogen) atoms. The van der Waals surface area contributed by atoms with Gasteiger partial charge in [0.1, 0.15) is 0 Å². The Kier molecular flexibility index (Phi) is 6.21. The smallest absolute Gasteiger partial charge is 0.223 e. The van der Waals surface area contributed by atoms with Crippen molar-refractivity contribution < 1.29 is 4.79 Å². The van der Waals surface area contributed by atoms with Crippen molar-refractivity contribution in [2.75, 3.05) is 13.6 Å². The first-order chi connectivity index (χ1) is 5.97. The highest BCUT2D eigenvalue weighted by Crippen LogP contribution is 2.19. The highest BCUT2D eigenvalue weighted by atomic mass is 32.2. The SMILES string of the molecule is CCN(C)C(=O)CC(C)SC(C)C. The molecule has 0 spiro atoms. The summed E-state index contributed by atoms with van der Waals surface area (Å²) in [4.78, 5) is 13.3. The predicted molar refractivity (Wildman–Crippen MR) is 60.1 cm³/mol. The third-order valence-electron chi connectivity index (χ3n) is 1.87. The molecule has 0 aliphatic rings. The Morgan fingerprint density at radius 1 is 1.38 bits per heavy atom. The lowest BCUT2D eigenvalue weighted by atomic mass is 10.3. The summed E-state index contributed by atoms with van der Waals surface area (Å²) in [5.41, 5.74) is 0. The van der Waals surface area contributed by atoms with Crippen molar-refractivity contribution in [1.82, 2.24) is 4.90 Å². The highest BCUT2D eigenvalue weighted by Gasteiger charge is 2.13. The predicted octanol–water partition coefficient (Wildman–Crippen LogP) is 2.38. The third-order valence-corrected chi connectivity index (χ3v) is 3.04. The minimum absolute atomic E-state index is 0.253. The molecule has 0 aliphatic carbocycles. The van der Waals surface area contributed by atoms with Gasteiger partial charge in [-0.15, -0.1) is 0 Å². The lowest BCUT2D eigenvalue weighted by Crippen LogP contribution is -2.28. The van der Waals surface area contributed by atoms with Crippen LogP contribution in [0.1, 0.15) is 34.1 Å². The molecule has 0 saturated carbocycles. The maximum atomic E-state index is 11.5. The van der Waals surface area contributed by atoms with Crippen LogP contribution in [0.3, 0.4) is 0 Å². The summed E-state index contributed by atoms with van der Waals surface area (Å²) in [6.45, 7) is 9.24. The second-order valence-electron chi connectivity index (χ2n) is 3.61. The second-order valence-corrected chi connectivity index (χ2v) is 5.63. The van der Waals surface area contributed by atoms with Gasteiger partial charge >= 0.3 is 0 Å². The highest BCUT2D eigenvalue weighted by molar-refractivity contribution is 8.00. The molecule has 3 heteroatoms. The van der Waals surface area contributed by atoms with Crippen LogP contribution in [0.25, 0.3) is 0 Å². The van der Waals surface area contributed by atoms with E-state index in [4.69, 9.17) is 0 Å². The van der Waals surface area contributed by atoms with Gasteiger partial charge in [-0.1, -0.05) is 20.8 Å². The first-order valence-electron chi connectivity index (χ1n) is 4.86. The summed E-state index contributed by atoms with van der Waals surface area (Å²) in [6, 6.07) is 0. The van der Waals surface area contributed by atoms with E-state index in [0.29, 0.717) is 16.9 Å². The Morgan fingerprint density at radius 3 is 2.31 bits per heavy atom. The van der Waals surface area contributed by atoms with E-state index in [1.54, 1.807) is 4.90 Å². The van der Waals surface area contributed by atoms with Gasteiger partial charge in [-0.3, -0.25) is 4.79 Å². The fraction of sp³-hybridized carbons (Fsp3) is 0.900. The number of amides is 1. The zero-order valence-corrected chi connectivity index (χ0v) is 10.1. The van der Waals surface area contributed by atoms with Crippen LogP contribution in [-0.2, 0) is 4.79 Å². The average Bonchev–Trinajstić information content (AvgIpc) is 2.01. The van der Waals surface area contributed by atoms with Crippen LogP contribution in [0.5, 0.6) is 0 Å². The normalized spacial score (nSPS) is 13.1. The summed E-state index contributed by atoms with van der Waals surface area (Å²) in [7, 11) is 1.86. The lowest BCUT2D eigenvalue weighted by molar-refractivity contribution is -0.129. The molecule has 0 rings (SSSR count). The topological polar surface area (TPSA) is 20.3 Å². The first kappa shape index (κ1) is 12.8. The molecule has 2 nitrogen and oxygen atoms in total. The quantitative estimate of drug-likeness (QED) is 0.684. The van der Waals surface area contributed by atoms with Gasteiger partial charge in [-0.2, -0.15) is 11.8 Å². The van der Waals surface area contributed by atoms with E-state index in [2.05, 4.69) is 20.8 Å². The van der Waals surface area contributed by atoms with Gasteiger partial charge < -0.3 is 4.90 Å². The summed E-state index contributed by atoms with van der Waals surface area (Å²) in [5.74, 6) is 0.253. The van der Waals surface area contributed by atoms with Crippen molar-refractivity contribution in [2.24, 2.45) is 0 Å². The largest absolute Gasteiger partial charge is 0.346 e. The zero-order valence-electron chi connectivity index (χ0n) is 9.33. The summed E-state index contributed by atoms with van der Waals surface area (Å²) < 4.78 is 0. The van der Waals surface area contributed by atoms with E-state index in [0.717, 1.165) is 6.54 Å². The van der Waals surface area contributed by atoms with E-state index in [9.17, 15) is 4.79 Å². The van der Waals surface area contributed by atoms with E-state index < -0.39 is 0 Å². The molecule has 0 saturated heterocycles. The Morgan fingerprint density at radius 2 is 1.92 bits per heavy atom. The number of hydrogen-bond acceptors (Lipinski definition) is 2. The van der Waals surface area contributed by atoms with E-state index in [-0.39, 0.29) is 5.91 Å². The van der Waals surface area contributed by atoms with Crippen molar-refractivity contribution in [3.8, 4) is 0 Å². The maximum Gasteiger partial charge on any atom is 0.223 e. The Balaban J connectivity index is 3.77. The maximum absolute atomic E-state index is 11.5. The van der Waals surface area contributed by atoms with Crippen LogP contribution in [-0.4, -0.2) is 34.9 Å². The molecule has 1 unspecified atom stereocenters. The molecule has 0 aromatic carbocycles. The molecule has 1 atom stereocenters. The zero-order chi connectivity index (χ0) is 10.4. The fourth-order valence-electron chi connectivity index (χ4n) is 1.09. The molecule has 0 fully saturated rings. The molecule has 78 valence electrons. The van der Waals surface area contributed by atoms with Crippen molar-refractivity contribution in [3.05, 3.63) is 0 Å². The summed E-state index contributed by atoms with van der Waals surface area (Å²) >= 11 is 1.86. The van der Waals surface area contributed by atoms with Gasteiger partial charge in [0.15, 0.2) is 0 Å². The second kappa shape index (κ2) is 6.30. The van der Waals surface area contributed by atoms with Gasteiger partial charge in [0.2, 0.25) is 5.91 Å². The number of rotatable bonds is 5. The molecule has 0 radical (unpaired) electrons. The van der Waals surface area contributed by atoms with Crippen LogP contribution < -0.4 is 0 Å². The van der Waals surface area contributed by atoms with Crippen LogP contribution in [0.15, 0.2) is 0 Å². The molecule has 0 N–H and O–H groups in total. The molecule has 0 aromatic heterocycles. The number of carbonyl (C=O) groups is 1. The molecule has 0 aromatic rings. The van der Waals surface area contributed by atoms with Crippen molar-refractivity contribution in [1.29, 1.82) is 0 Å². The first-order valence-corrected chi connectivity index (χ1v) is 5.81. The van der Waals surface area contributed by atoms with Crippen LogP contribution in [0.4, 0.5) is 0 Å². The van der Waals surface area contributed by atoms with Gasteiger partial charge in [-0.05, 0) is 12.2 Å². The number of carbonyl (C=O) groups excluding carboxylic acids is 1. The molecule has 0 aliphatic heterocycles. The van der Waals surface area contributed by atoms with Crippen LogP contribution in [0, 0.1) is 0 Å². The minimum Gasteiger partial charge on any atom is -0.346 e. The Labute approximate surface area is 86.1 Å². The third kappa shape index (κ3) is 5.97. The van der Waals surface area contributed by atoms with Gasteiger partial charge in [0.25, 0.3) is 0 Å². The van der Waals surface area contributed by atoms with E-state index in [1.807, 2.05) is 25.7 Å².